The second-order valence-corrected chi connectivity index (χ2v) is 5.29. The van der Waals surface area contributed by atoms with Gasteiger partial charge in [-0.1, -0.05) is 20.3 Å². The molecule has 0 aromatic heterocycles. The fourth-order valence-corrected chi connectivity index (χ4v) is 1.71. The van der Waals surface area contributed by atoms with Crippen LogP contribution in [0.5, 0.6) is 0 Å². The molecule has 2 N–H and O–H groups in total. The number of nitrogens with zero attached hydrogens (tertiary/aromatic N) is 1. The highest BCUT2D eigenvalue weighted by molar-refractivity contribution is 4.58. The van der Waals surface area contributed by atoms with E-state index in [1.165, 1.54) is 6.42 Å². The summed E-state index contributed by atoms with van der Waals surface area (Å²) in [5.41, 5.74) is 5.60. The van der Waals surface area contributed by atoms with E-state index in [-0.39, 0.29) is 0 Å². The van der Waals surface area contributed by atoms with Crippen molar-refractivity contribution < 1.29 is 14.2 Å². The highest BCUT2D eigenvalue weighted by Gasteiger charge is 2.03. The van der Waals surface area contributed by atoms with E-state index in [2.05, 4.69) is 25.8 Å². The van der Waals surface area contributed by atoms with Gasteiger partial charge in [0.1, 0.15) is 0 Å². The van der Waals surface area contributed by atoms with Crippen molar-refractivity contribution in [2.45, 2.75) is 26.7 Å². The van der Waals surface area contributed by atoms with Gasteiger partial charge in [-0.3, -0.25) is 0 Å². The number of hydrogen-bond donors (Lipinski definition) is 1. The Balaban J connectivity index is 3.12. The predicted octanol–water partition coefficient (Wildman–Crippen LogP) is 1.36. The second kappa shape index (κ2) is 15.2. The van der Waals surface area contributed by atoms with Gasteiger partial charge in [0.2, 0.25) is 0 Å². The summed E-state index contributed by atoms with van der Waals surface area (Å²) < 4.78 is 16.3. The van der Waals surface area contributed by atoms with E-state index in [1.54, 1.807) is 0 Å². The van der Waals surface area contributed by atoms with Crippen molar-refractivity contribution in [3.63, 3.8) is 0 Å². The average Bonchev–Trinajstić information content (AvgIpc) is 2.44. The molecular formula is C15H34N2O3. The number of ether oxygens (including phenoxy) is 3. The van der Waals surface area contributed by atoms with Gasteiger partial charge in [0.15, 0.2) is 0 Å². The third kappa shape index (κ3) is 14.2. The average molecular weight is 290 g/mol. The summed E-state index contributed by atoms with van der Waals surface area (Å²) in [5.74, 6) is 0.538. The first-order valence-electron chi connectivity index (χ1n) is 7.82. The largest absolute Gasteiger partial charge is 0.379 e. The third-order valence-corrected chi connectivity index (χ3v) is 3.03. The van der Waals surface area contributed by atoms with Crippen molar-refractivity contribution in [1.82, 2.24) is 4.90 Å². The molecule has 0 aromatic carbocycles. The number of likely N-dealkylation sites (N-methyl/N-ethyl adjacent to an activating group) is 1. The first-order valence-corrected chi connectivity index (χ1v) is 7.82. The molecule has 0 bridgehead atoms. The van der Waals surface area contributed by atoms with Crippen LogP contribution in [-0.2, 0) is 14.2 Å². The lowest BCUT2D eigenvalue weighted by molar-refractivity contribution is 0.0108. The van der Waals surface area contributed by atoms with Crippen molar-refractivity contribution in [3.05, 3.63) is 0 Å². The monoisotopic (exact) mass is 290 g/mol. The Labute approximate surface area is 124 Å². The van der Waals surface area contributed by atoms with Gasteiger partial charge < -0.3 is 24.8 Å². The smallest absolute Gasteiger partial charge is 0.0701 e. The van der Waals surface area contributed by atoms with Crippen LogP contribution in [0.3, 0.4) is 0 Å². The SMILES string of the molecule is CCCCOCCOCCOCCN(C)CC(C)CN. The Kier molecular flexibility index (Phi) is 15.0. The maximum absolute atomic E-state index is 5.60. The molecule has 0 spiro atoms. The van der Waals surface area contributed by atoms with E-state index in [4.69, 9.17) is 19.9 Å². The van der Waals surface area contributed by atoms with Crippen molar-refractivity contribution in [2.24, 2.45) is 11.7 Å². The van der Waals surface area contributed by atoms with Gasteiger partial charge >= 0.3 is 0 Å². The number of hydrogen-bond acceptors (Lipinski definition) is 5. The summed E-state index contributed by atoms with van der Waals surface area (Å²) in [7, 11) is 2.10. The van der Waals surface area contributed by atoms with Crippen LogP contribution in [0.25, 0.3) is 0 Å². The van der Waals surface area contributed by atoms with Crippen LogP contribution in [0.4, 0.5) is 0 Å². The Morgan fingerprint density at radius 2 is 1.50 bits per heavy atom. The first kappa shape index (κ1) is 19.8. The molecule has 20 heavy (non-hydrogen) atoms. The highest BCUT2D eigenvalue weighted by atomic mass is 16.5. The van der Waals surface area contributed by atoms with Crippen LogP contribution < -0.4 is 5.73 Å². The zero-order valence-electron chi connectivity index (χ0n) is 13.6. The van der Waals surface area contributed by atoms with Crippen LogP contribution >= 0.6 is 0 Å². The molecule has 0 aliphatic rings. The van der Waals surface area contributed by atoms with Crippen molar-refractivity contribution >= 4 is 0 Å². The van der Waals surface area contributed by atoms with E-state index in [0.717, 1.165) is 39.3 Å². The lowest BCUT2D eigenvalue weighted by atomic mass is 10.2. The van der Waals surface area contributed by atoms with Gasteiger partial charge in [-0.15, -0.1) is 0 Å². The van der Waals surface area contributed by atoms with Crippen LogP contribution in [-0.4, -0.2) is 71.2 Å². The van der Waals surface area contributed by atoms with Crippen molar-refractivity contribution in [1.29, 1.82) is 0 Å². The summed E-state index contributed by atoms with van der Waals surface area (Å²) in [4.78, 5) is 2.25. The van der Waals surface area contributed by atoms with Gasteiger partial charge in [0.25, 0.3) is 0 Å². The fourth-order valence-electron chi connectivity index (χ4n) is 1.71. The molecule has 1 unspecified atom stereocenters. The molecule has 5 heteroatoms. The molecule has 0 amide bonds. The highest BCUT2D eigenvalue weighted by Crippen LogP contribution is 1.95. The summed E-state index contributed by atoms with van der Waals surface area (Å²) in [6.07, 6.45) is 2.30. The van der Waals surface area contributed by atoms with Gasteiger partial charge in [0, 0.05) is 19.7 Å². The lowest BCUT2D eigenvalue weighted by Crippen LogP contribution is -2.31. The molecule has 0 aliphatic carbocycles. The molecule has 0 radical (unpaired) electrons. The lowest BCUT2D eigenvalue weighted by Gasteiger charge is -2.20. The number of nitrogens with two attached hydrogens (primary N) is 1. The summed E-state index contributed by atoms with van der Waals surface area (Å²) in [6, 6.07) is 0. The maximum Gasteiger partial charge on any atom is 0.0701 e. The van der Waals surface area contributed by atoms with E-state index in [0.29, 0.717) is 32.3 Å². The molecule has 0 aliphatic heterocycles. The van der Waals surface area contributed by atoms with Gasteiger partial charge in [-0.25, -0.2) is 0 Å². The Morgan fingerprint density at radius 1 is 0.950 bits per heavy atom. The molecular weight excluding hydrogens is 256 g/mol. The number of rotatable bonds is 15. The maximum atomic E-state index is 5.60. The molecule has 0 aromatic rings. The molecule has 0 rings (SSSR count). The van der Waals surface area contributed by atoms with E-state index >= 15 is 0 Å². The quantitative estimate of drug-likeness (QED) is 0.462. The van der Waals surface area contributed by atoms with Gasteiger partial charge in [0.05, 0.1) is 33.0 Å². The van der Waals surface area contributed by atoms with Crippen molar-refractivity contribution in [2.75, 3.05) is 66.3 Å². The van der Waals surface area contributed by atoms with Crippen LogP contribution in [0, 0.1) is 5.92 Å². The summed E-state index contributed by atoms with van der Waals surface area (Å²) in [6.45, 7) is 11.2. The summed E-state index contributed by atoms with van der Waals surface area (Å²) in [5, 5.41) is 0. The fraction of sp³-hybridized carbons (Fsp3) is 1.00. The first-order chi connectivity index (χ1) is 9.70. The van der Waals surface area contributed by atoms with Crippen molar-refractivity contribution in [3.8, 4) is 0 Å². The minimum Gasteiger partial charge on any atom is -0.379 e. The minimum absolute atomic E-state index is 0.538. The standard InChI is InChI=1S/C15H34N2O3/c1-4-5-7-18-9-11-20-12-10-19-8-6-17(3)14-15(2)13-16/h15H,4-14,16H2,1-3H3. The van der Waals surface area contributed by atoms with Gasteiger partial charge in [-0.05, 0) is 25.9 Å². The molecule has 0 heterocycles. The zero-order valence-corrected chi connectivity index (χ0v) is 13.6. The van der Waals surface area contributed by atoms with E-state index in [1.807, 2.05) is 0 Å². The Bertz CT molecular complexity index is 194. The predicted molar refractivity (Wildman–Crippen MR) is 83.1 cm³/mol. The second-order valence-electron chi connectivity index (χ2n) is 5.29. The van der Waals surface area contributed by atoms with E-state index < -0.39 is 0 Å². The molecule has 0 saturated heterocycles. The molecule has 5 nitrogen and oxygen atoms in total. The number of unbranched alkanes of at least 4 members (excludes halogenated alkanes) is 1. The minimum atomic E-state index is 0.538. The normalized spacial score (nSPS) is 13.1. The Hall–Kier alpha value is -0.200. The zero-order chi connectivity index (χ0) is 15.1. The topological polar surface area (TPSA) is 57.0 Å². The van der Waals surface area contributed by atoms with Crippen LogP contribution in [0.1, 0.15) is 26.7 Å². The van der Waals surface area contributed by atoms with E-state index in [9.17, 15) is 0 Å². The Morgan fingerprint density at radius 3 is 2.05 bits per heavy atom. The molecule has 0 saturated carbocycles. The molecule has 122 valence electrons. The third-order valence-electron chi connectivity index (χ3n) is 3.03. The molecule has 1 atom stereocenters. The molecule has 0 fully saturated rings. The summed E-state index contributed by atoms with van der Waals surface area (Å²) >= 11 is 0. The van der Waals surface area contributed by atoms with Crippen LogP contribution in [0.15, 0.2) is 0 Å². The van der Waals surface area contributed by atoms with Gasteiger partial charge in [-0.2, -0.15) is 0 Å². The van der Waals surface area contributed by atoms with Crippen LogP contribution in [0.2, 0.25) is 0 Å².